The predicted molar refractivity (Wildman–Crippen MR) is 68.4 cm³/mol. The lowest BCUT2D eigenvalue weighted by Crippen LogP contribution is -1.99. The largest absolute Gasteiger partial charge is 0.276 e. The van der Waals surface area contributed by atoms with Crippen LogP contribution in [0.25, 0.3) is 11.3 Å². The summed E-state index contributed by atoms with van der Waals surface area (Å²) in [5.41, 5.74) is 2.89. The molecule has 0 unspecified atom stereocenters. The molecule has 0 fully saturated rings. The van der Waals surface area contributed by atoms with E-state index in [1.807, 2.05) is 43.3 Å². The Hall–Kier alpha value is -2.85. The summed E-state index contributed by atoms with van der Waals surface area (Å²) in [7, 11) is 0. The highest BCUT2D eigenvalue weighted by molar-refractivity contribution is 5.67. The van der Waals surface area contributed by atoms with Crippen molar-refractivity contribution in [3.63, 3.8) is 0 Å². The highest BCUT2D eigenvalue weighted by Gasteiger charge is 2.10. The first kappa shape index (κ1) is 11.6. The lowest BCUT2D eigenvalue weighted by Gasteiger charge is -2.07. The quantitative estimate of drug-likeness (QED) is 0.640. The summed E-state index contributed by atoms with van der Waals surface area (Å²) < 4.78 is 0. The number of anilines is 1. The molecule has 0 amide bonds. The van der Waals surface area contributed by atoms with E-state index in [9.17, 15) is 0 Å². The number of hydrogen-bond donors (Lipinski definition) is 1. The van der Waals surface area contributed by atoms with Crippen LogP contribution in [0.5, 0.6) is 0 Å². The zero-order chi connectivity index (χ0) is 13.0. The van der Waals surface area contributed by atoms with Gasteiger partial charge in [0.05, 0.1) is 11.3 Å². The maximum atomic E-state index is 9.05. The van der Waals surface area contributed by atoms with E-state index < -0.39 is 0 Å². The number of nitrogens with one attached hydrogen (secondary N) is 1. The smallest absolute Gasteiger partial charge is 0.182 e. The third kappa shape index (κ3) is 2.14. The maximum absolute atomic E-state index is 9.05. The summed E-state index contributed by atoms with van der Waals surface area (Å²) in [6, 6.07) is 13.5. The van der Waals surface area contributed by atoms with Crippen molar-refractivity contribution in [2.75, 3.05) is 5.32 Å². The fourth-order valence-corrected chi connectivity index (χ4v) is 1.71. The van der Waals surface area contributed by atoms with Gasteiger partial charge in [0.1, 0.15) is 6.07 Å². The number of pyridine rings is 1. The van der Waals surface area contributed by atoms with Gasteiger partial charge in [-0.3, -0.25) is 5.32 Å². The minimum atomic E-state index is 0.304. The minimum Gasteiger partial charge on any atom is -0.276 e. The molecule has 2 aromatic rings. The van der Waals surface area contributed by atoms with Crippen molar-refractivity contribution in [2.45, 2.75) is 6.92 Å². The highest BCUT2D eigenvalue weighted by atomic mass is 15.0. The molecule has 0 aliphatic rings. The fourth-order valence-electron chi connectivity index (χ4n) is 1.71. The summed E-state index contributed by atoms with van der Waals surface area (Å²) in [5.74, 6) is 0.304. The van der Waals surface area contributed by atoms with E-state index in [2.05, 4.69) is 16.4 Å². The van der Waals surface area contributed by atoms with Crippen molar-refractivity contribution >= 4 is 5.82 Å². The van der Waals surface area contributed by atoms with Crippen LogP contribution < -0.4 is 5.32 Å². The monoisotopic (exact) mass is 234 g/mol. The molecule has 0 aliphatic heterocycles. The van der Waals surface area contributed by atoms with Crippen LogP contribution in [-0.4, -0.2) is 4.98 Å². The van der Waals surface area contributed by atoms with E-state index in [1.54, 1.807) is 6.19 Å². The van der Waals surface area contributed by atoms with Crippen LogP contribution in [0.1, 0.15) is 11.1 Å². The Bertz CT molecular complexity index is 648. The number of rotatable bonds is 2. The molecule has 1 aromatic carbocycles. The molecule has 2 rings (SSSR count). The van der Waals surface area contributed by atoms with E-state index >= 15 is 0 Å². The maximum Gasteiger partial charge on any atom is 0.182 e. The third-order valence-electron chi connectivity index (χ3n) is 2.57. The Morgan fingerprint density at radius 2 is 1.89 bits per heavy atom. The van der Waals surface area contributed by atoms with Gasteiger partial charge >= 0.3 is 0 Å². The van der Waals surface area contributed by atoms with E-state index in [0.29, 0.717) is 11.4 Å². The van der Waals surface area contributed by atoms with Gasteiger partial charge in [0.2, 0.25) is 0 Å². The lowest BCUT2D eigenvalue weighted by molar-refractivity contribution is 1.25. The molecule has 0 atom stereocenters. The molecular formula is C14H10N4. The molecule has 1 aromatic heterocycles. The Kier molecular flexibility index (Phi) is 3.22. The molecule has 1 N–H and O–H groups in total. The van der Waals surface area contributed by atoms with Crippen LogP contribution >= 0.6 is 0 Å². The predicted octanol–water partition coefficient (Wildman–Crippen LogP) is 2.82. The summed E-state index contributed by atoms with van der Waals surface area (Å²) in [6.45, 7) is 1.83. The summed E-state index contributed by atoms with van der Waals surface area (Å²) in [4.78, 5) is 4.31. The van der Waals surface area contributed by atoms with E-state index in [1.165, 1.54) is 0 Å². The number of aromatic nitrogens is 1. The zero-order valence-electron chi connectivity index (χ0n) is 9.81. The Labute approximate surface area is 105 Å². The van der Waals surface area contributed by atoms with Crippen molar-refractivity contribution in [1.82, 2.24) is 4.98 Å². The van der Waals surface area contributed by atoms with Crippen LogP contribution in [-0.2, 0) is 0 Å². The summed E-state index contributed by atoms with van der Waals surface area (Å²) in [5, 5.41) is 20.2. The average Bonchev–Trinajstić information content (AvgIpc) is 2.40. The van der Waals surface area contributed by atoms with Gasteiger partial charge in [-0.2, -0.15) is 10.5 Å². The molecule has 0 bridgehead atoms. The zero-order valence-corrected chi connectivity index (χ0v) is 9.81. The van der Waals surface area contributed by atoms with Gasteiger partial charge in [-0.25, -0.2) is 4.98 Å². The SMILES string of the molecule is Cc1cc(-c2ccccc2)nc(NC#N)c1C#N. The van der Waals surface area contributed by atoms with Gasteiger partial charge in [0, 0.05) is 5.56 Å². The van der Waals surface area contributed by atoms with Gasteiger partial charge in [0.15, 0.2) is 12.0 Å². The molecule has 0 saturated heterocycles. The molecule has 4 heteroatoms. The highest BCUT2D eigenvalue weighted by Crippen LogP contribution is 2.24. The molecule has 86 valence electrons. The van der Waals surface area contributed by atoms with Crippen LogP contribution in [0.4, 0.5) is 5.82 Å². The normalized spacial score (nSPS) is 9.28. The van der Waals surface area contributed by atoms with Crippen LogP contribution in [0.2, 0.25) is 0 Å². The molecule has 18 heavy (non-hydrogen) atoms. The second-order valence-electron chi connectivity index (χ2n) is 3.76. The number of nitriles is 2. The fraction of sp³-hybridized carbons (Fsp3) is 0.0714. The molecule has 0 aliphatic carbocycles. The standard InChI is InChI=1S/C14H10N4/c1-10-7-13(11-5-3-2-4-6-11)18-14(17-9-16)12(10)8-15/h2-7H,1H3,(H,17,18). The second-order valence-corrected chi connectivity index (χ2v) is 3.76. The Balaban J connectivity index is 2.60. The van der Waals surface area contributed by atoms with E-state index in [4.69, 9.17) is 10.5 Å². The van der Waals surface area contributed by atoms with E-state index in [0.717, 1.165) is 16.8 Å². The number of aryl methyl sites for hydroxylation is 1. The van der Waals surface area contributed by atoms with Gasteiger partial charge in [-0.1, -0.05) is 30.3 Å². The van der Waals surface area contributed by atoms with Crippen molar-refractivity contribution in [3.05, 3.63) is 47.5 Å². The lowest BCUT2D eigenvalue weighted by atomic mass is 10.1. The first-order valence-electron chi connectivity index (χ1n) is 5.38. The number of hydrogen-bond acceptors (Lipinski definition) is 4. The van der Waals surface area contributed by atoms with Crippen molar-refractivity contribution in [3.8, 4) is 23.5 Å². The van der Waals surface area contributed by atoms with Crippen LogP contribution in [0.3, 0.4) is 0 Å². The molecule has 0 spiro atoms. The Morgan fingerprint density at radius 1 is 1.17 bits per heavy atom. The van der Waals surface area contributed by atoms with Crippen molar-refractivity contribution < 1.29 is 0 Å². The first-order valence-corrected chi connectivity index (χ1v) is 5.38. The third-order valence-corrected chi connectivity index (χ3v) is 2.57. The molecular weight excluding hydrogens is 224 g/mol. The van der Waals surface area contributed by atoms with Crippen LogP contribution in [0.15, 0.2) is 36.4 Å². The second kappa shape index (κ2) is 4.99. The Morgan fingerprint density at radius 3 is 2.50 bits per heavy atom. The number of benzene rings is 1. The molecule has 0 radical (unpaired) electrons. The average molecular weight is 234 g/mol. The van der Waals surface area contributed by atoms with Crippen LogP contribution in [0, 0.1) is 29.7 Å². The van der Waals surface area contributed by atoms with E-state index in [-0.39, 0.29) is 0 Å². The topological polar surface area (TPSA) is 72.5 Å². The van der Waals surface area contributed by atoms with Crippen molar-refractivity contribution in [1.29, 1.82) is 10.5 Å². The van der Waals surface area contributed by atoms with Gasteiger partial charge < -0.3 is 0 Å². The molecule has 4 nitrogen and oxygen atoms in total. The number of nitrogens with zero attached hydrogens (tertiary/aromatic N) is 3. The molecule has 0 saturated carbocycles. The van der Waals surface area contributed by atoms with Gasteiger partial charge in [-0.05, 0) is 18.6 Å². The van der Waals surface area contributed by atoms with Gasteiger partial charge in [0.25, 0.3) is 0 Å². The molecule has 1 heterocycles. The van der Waals surface area contributed by atoms with Gasteiger partial charge in [-0.15, -0.1) is 0 Å². The summed E-state index contributed by atoms with van der Waals surface area (Å²) in [6.07, 6.45) is 1.80. The summed E-state index contributed by atoms with van der Waals surface area (Å²) >= 11 is 0. The first-order chi connectivity index (χ1) is 8.76. The van der Waals surface area contributed by atoms with Crippen molar-refractivity contribution in [2.24, 2.45) is 0 Å². The minimum absolute atomic E-state index is 0.304.